The van der Waals surface area contributed by atoms with Crippen molar-refractivity contribution in [2.45, 2.75) is 78.4 Å². The van der Waals surface area contributed by atoms with Crippen LogP contribution in [0, 0.1) is 24.7 Å². The van der Waals surface area contributed by atoms with E-state index >= 15 is 0 Å². The number of rotatable bonds is 16. The second-order valence-corrected chi connectivity index (χ2v) is 16.5. The number of carbonyl (C=O) groups excluding carboxylic acids is 3. The maximum atomic E-state index is 14.2. The Bertz CT molecular complexity index is 1660. The van der Waals surface area contributed by atoms with Gasteiger partial charge >= 0.3 is 6.03 Å². The maximum Gasteiger partial charge on any atom is 0.321 e. The van der Waals surface area contributed by atoms with Crippen molar-refractivity contribution in [2.24, 2.45) is 17.8 Å². The molecule has 12 heteroatoms. The van der Waals surface area contributed by atoms with E-state index in [9.17, 15) is 22.8 Å². The normalized spacial score (nSPS) is 15.8. The molecule has 2 aromatic carbocycles. The van der Waals surface area contributed by atoms with E-state index in [0.717, 1.165) is 16.3 Å². The number of aryl methyl sites for hydroxylation is 1. The summed E-state index contributed by atoms with van der Waals surface area (Å²) in [5.74, 6) is -0.780. The molecule has 3 amide bonds. The van der Waals surface area contributed by atoms with E-state index in [0.29, 0.717) is 38.2 Å². The molecule has 1 saturated heterocycles. The number of Topliss-reactive ketones (excluding diaryl/α,β-unsaturated/α-hetero) is 1. The summed E-state index contributed by atoms with van der Waals surface area (Å²) in [5.41, 5.74) is 2.29. The zero-order valence-corrected chi connectivity index (χ0v) is 30.7. The molecule has 3 atom stereocenters. The summed E-state index contributed by atoms with van der Waals surface area (Å²) in [5, 5.41) is 6.16. The van der Waals surface area contributed by atoms with Gasteiger partial charge in [-0.05, 0) is 55.7 Å². The predicted octanol–water partition coefficient (Wildman–Crippen LogP) is 5.63. The van der Waals surface area contributed by atoms with Crippen molar-refractivity contribution < 1.29 is 22.8 Å². The number of carbonyl (C=O) groups is 3. The summed E-state index contributed by atoms with van der Waals surface area (Å²) < 4.78 is 29.4. The van der Waals surface area contributed by atoms with Crippen LogP contribution in [0.2, 0.25) is 0 Å². The van der Waals surface area contributed by atoms with Gasteiger partial charge < -0.3 is 15.1 Å². The number of thiazole rings is 1. The molecule has 1 N–H and O–H groups in total. The Morgan fingerprint density at radius 1 is 0.979 bits per heavy atom. The molecule has 0 unspecified atom stereocenters. The fraction of sp³-hybridized carbons (Fsp3) is 0.500. The standard InChI is InChI=1S/C36H49N5O5S2/c1-24(2)20-40(48(45,46)32-15-13-30(14-16-32)27(6)42)21-26(5)33(19-29-11-9-8-10-12-29)38-35(43)34(25(3)4)41-18-17-39(36(41)44)22-31-23-47-28(7)37-31/h8-16,23-26,33-34H,17-22H2,1-7H3,(H,38,43)/t26-,33+,34+/m1/s1. The number of urea groups is 1. The summed E-state index contributed by atoms with van der Waals surface area (Å²) in [6, 6.07) is 14.5. The molecule has 0 radical (unpaired) electrons. The second-order valence-electron chi connectivity index (χ2n) is 13.5. The Morgan fingerprint density at radius 2 is 1.65 bits per heavy atom. The van der Waals surface area contributed by atoms with Crippen LogP contribution in [-0.2, 0) is 27.8 Å². The Labute approximate surface area is 289 Å². The second kappa shape index (κ2) is 16.2. The van der Waals surface area contributed by atoms with Crippen molar-refractivity contribution in [1.29, 1.82) is 0 Å². The number of aromatic nitrogens is 1. The summed E-state index contributed by atoms with van der Waals surface area (Å²) >= 11 is 1.54. The van der Waals surface area contributed by atoms with Crippen molar-refractivity contribution in [2.75, 3.05) is 26.2 Å². The molecule has 4 rings (SSSR count). The van der Waals surface area contributed by atoms with Crippen molar-refractivity contribution in [1.82, 2.24) is 24.4 Å². The monoisotopic (exact) mass is 695 g/mol. The smallest absolute Gasteiger partial charge is 0.321 e. The van der Waals surface area contributed by atoms with E-state index in [1.54, 1.807) is 21.1 Å². The Morgan fingerprint density at radius 3 is 2.21 bits per heavy atom. The summed E-state index contributed by atoms with van der Waals surface area (Å²) in [6.07, 6.45) is 0.491. The average Bonchev–Trinajstić information content (AvgIpc) is 3.61. The lowest BCUT2D eigenvalue weighted by molar-refractivity contribution is -0.127. The molecule has 10 nitrogen and oxygen atoms in total. The Balaban J connectivity index is 1.57. The Hall–Kier alpha value is -3.61. The van der Waals surface area contributed by atoms with Crippen LogP contribution < -0.4 is 5.32 Å². The highest BCUT2D eigenvalue weighted by atomic mass is 32.2. The van der Waals surface area contributed by atoms with E-state index in [2.05, 4.69) is 10.3 Å². The van der Waals surface area contributed by atoms with Gasteiger partial charge in [-0.25, -0.2) is 18.2 Å². The summed E-state index contributed by atoms with van der Waals surface area (Å²) in [7, 11) is -3.90. The van der Waals surface area contributed by atoms with Crippen molar-refractivity contribution in [3.63, 3.8) is 0 Å². The zero-order valence-electron chi connectivity index (χ0n) is 29.0. The molecule has 0 bridgehead atoms. The number of sulfonamides is 1. The van der Waals surface area contributed by atoms with Crippen molar-refractivity contribution in [3.05, 3.63) is 81.8 Å². The van der Waals surface area contributed by atoms with Crippen LogP contribution in [0.25, 0.3) is 0 Å². The summed E-state index contributed by atoms with van der Waals surface area (Å²) in [6.45, 7) is 14.9. The minimum absolute atomic E-state index is 0.0493. The zero-order chi connectivity index (χ0) is 35.2. The number of amides is 3. The predicted molar refractivity (Wildman–Crippen MR) is 189 cm³/mol. The quantitative estimate of drug-likeness (QED) is 0.194. The number of ketones is 1. The minimum Gasteiger partial charge on any atom is -0.351 e. The fourth-order valence-electron chi connectivity index (χ4n) is 6.15. The van der Waals surface area contributed by atoms with Gasteiger partial charge in [-0.15, -0.1) is 11.3 Å². The van der Waals surface area contributed by atoms with Gasteiger partial charge in [-0.3, -0.25) is 9.59 Å². The van der Waals surface area contributed by atoms with Gasteiger partial charge in [0.1, 0.15) is 6.04 Å². The van der Waals surface area contributed by atoms with Crippen LogP contribution in [-0.4, -0.2) is 83.5 Å². The topological polar surface area (TPSA) is 120 Å². The van der Waals surface area contributed by atoms with Crippen molar-refractivity contribution >= 4 is 39.1 Å². The molecule has 0 saturated carbocycles. The first-order chi connectivity index (χ1) is 22.7. The van der Waals surface area contributed by atoms with Gasteiger partial charge in [0.2, 0.25) is 15.9 Å². The van der Waals surface area contributed by atoms with Crippen LogP contribution in [0.3, 0.4) is 0 Å². The van der Waals surface area contributed by atoms with Crippen LogP contribution in [0.15, 0.2) is 64.9 Å². The third-order valence-corrected chi connectivity index (χ3v) is 11.3. The molecule has 1 fully saturated rings. The maximum absolute atomic E-state index is 14.2. The van der Waals surface area contributed by atoms with Gasteiger partial charge in [0, 0.05) is 43.2 Å². The molecule has 0 spiro atoms. The lowest BCUT2D eigenvalue weighted by Gasteiger charge is -2.35. The summed E-state index contributed by atoms with van der Waals surface area (Å²) in [4.78, 5) is 47.6. The molecule has 48 heavy (non-hydrogen) atoms. The fourth-order valence-corrected chi connectivity index (χ4v) is 8.46. The number of hydrogen-bond acceptors (Lipinski definition) is 7. The van der Waals surface area contributed by atoms with Gasteiger partial charge in [0.05, 0.1) is 22.1 Å². The van der Waals surface area contributed by atoms with Crippen LogP contribution in [0.5, 0.6) is 0 Å². The highest BCUT2D eigenvalue weighted by Crippen LogP contribution is 2.24. The molecule has 1 aliphatic rings. The molecular formula is C36H49N5O5S2. The molecule has 2 heterocycles. The molecule has 260 valence electrons. The van der Waals surface area contributed by atoms with Crippen molar-refractivity contribution in [3.8, 4) is 0 Å². The third kappa shape index (κ3) is 9.29. The van der Waals surface area contributed by atoms with E-state index in [-0.39, 0.29) is 46.9 Å². The lowest BCUT2D eigenvalue weighted by atomic mass is 9.93. The SMILES string of the molecule is CC(=O)c1ccc(S(=O)(=O)N(CC(C)C)C[C@@H](C)[C@H](Cc2ccccc2)NC(=O)[C@H](C(C)C)N2CCN(Cc3csc(C)n3)C2=O)cc1. The average molecular weight is 696 g/mol. The van der Waals surface area contributed by atoms with Gasteiger partial charge in [0.15, 0.2) is 5.78 Å². The first-order valence-electron chi connectivity index (χ1n) is 16.6. The highest BCUT2D eigenvalue weighted by molar-refractivity contribution is 7.89. The first-order valence-corrected chi connectivity index (χ1v) is 18.9. The molecule has 0 aliphatic carbocycles. The lowest BCUT2D eigenvalue weighted by Crippen LogP contribution is -2.55. The number of benzene rings is 2. The molecular weight excluding hydrogens is 647 g/mol. The van der Waals surface area contributed by atoms with Crippen LogP contribution >= 0.6 is 11.3 Å². The molecule has 1 aromatic heterocycles. The Kier molecular flexibility index (Phi) is 12.6. The highest BCUT2D eigenvalue weighted by Gasteiger charge is 2.40. The van der Waals surface area contributed by atoms with E-state index in [4.69, 9.17) is 0 Å². The number of nitrogens with one attached hydrogen (secondary N) is 1. The van der Waals surface area contributed by atoms with Gasteiger partial charge in [-0.2, -0.15) is 4.31 Å². The van der Waals surface area contributed by atoms with E-state index in [1.807, 2.05) is 77.3 Å². The number of hydrogen-bond donors (Lipinski definition) is 1. The molecule has 1 aliphatic heterocycles. The van der Waals surface area contributed by atoms with E-state index in [1.165, 1.54) is 35.5 Å². The van der Waals surface area contributed by atoms with Gasteiger partial charge in [0.25, 0.3) is 0 Å². The van der Waals surface area contributed by atoms with Crippen LogP contribution in [0.1, 0.15) is 68.2 Å². The third-order valence-electron chi connectivity index (χ3n) is 8.65. The number of nitrogens with zero attached hydrogens (tertiary/aromatic N) is 4. The van der Waals surface area contributed by atoms with E-state index < -0.39 is 22.1 Å². The minimum atomic E-state index is -3.90. The van der Waals surface area contributed by atoms with Crippen LogP contribution in [0.4, 0.5) is 4.79 Å². The largest absolute Gasteiger partial charge is 0.351 e. The van der Waals surface area contributed by atoms with Gasteiger partial charge in [-0.1, -0.05) is 77.1 Å². The first kappa shape index (κ1) is 37.2. The molecule has 3 aromatic rings.